The van der Waals surface area contributed by atoms with Crippen LogP contribution in [0.25, 0.3) is 6.08 Å². The fourth-order valence-electron chi connectivity index (χ4n) is 3.02. The van der Waals surface area contributed by atoms with Crippen molar-refractivity contribution in [2.45, 2.75) is 13.2 Å². The minimum atomic E-state index is -0.325. The molecular formula is C24H17Cl2NO3S. The highest BCUT2D eigenvalue weighted by Crippen LogP contribution is 2.34. The molecule has 2 amide bonds. The lowest BCUT2D eigenvalue weighted by Gasteiger charge is -2.13. The molecule has 0 aromatic heterocycles. The molecule has 1 fully saturated rings. The Labute approximate surface area is 194 Å². The normalized spacial score (nSPS) is 15.0. The van der Waals surface area contributed by atoms with E-state index >= 15 is 0 Å². The number of hydrogen-bond donors (Lipinski definition) is 0. The second-order valence-electron chi connectivity index (χ2n) is 6.81. The molecule has 0 spiro atoms. The molecule has 3 aromatic carbocycles. The highest BCUT2D eigenvalue weighted by molar-refractivity contribution is 8.18. The first kappa shape index (κ1) is 21.5. The summed E-state index contributed by atoms with van der Waals surface area (Å²) in [6, 6.07) is 22.0. The largest absolute Gasteiger partial charge is 0.489 e. The van der Waals surface area contributed by atoms with Crippen LogP contribution < -0.4 is 4.74 Å². The Morgan fingerprint density at radius 2 is 1.45 bits per heavy atom. The summed E-state index contributed by atoms with van der Waals surface area (Å²) >= 11 is 13.2. The van der Waals surface area contributed by atoms with Gasteiger partial charge in [-0.25, -0.2) is 0 Å². The number of thioether (sulfide) groups is 1. The van der Waals surface area contributed by atoms with E-state index in [-0.39, 0.29) is 17.7 Å². The van der Waals surface area contributed by atoms with Crippen LogP contribution in [0.1, 0.15) is 16.7 Å². The SMILES string of the molecule is O=C1S/C(=C\c2ccc(OCc3ccccc3Cl)cc2)C(=O)N1Cc1ccccc1Cl. The molecular weight excluding hydrogens is 453 g/mol. The van der Waals surface area contributed by atoms with Crippen LogP contribution in [0.5, 0.6) is 5.75 Å². The minimum absolute atomic E-state index is 0.149. The lowest BCUT2D eigenvalue weighted by atomic mass is 10.2. The number of nitrogens with zero attached hydrogens (tertiary/aromatic N) is 1. The quantitative estimate of drug-likeness (QED) is 0.372. The van der Waals surface area contributed by atoms with Crippen molar-refractivity contribution in [1.82, 2.24) is 4.90 Å². The molecule has 7 heteroatoms. The predicted octanol–water partition coefficient (Wildman–Crippen LogP) is 6.81. The van der Waals surface area contributed by atoms with Crippen LogP contribution in [0.4, 0.5) is 4.79 Å². The summed E-state index contributed by atoms with van der Waals surface area (Å²) in [7, 11) is 0. The Balaban J connectivity index is 1.42. The summed E-state index contributed by atoms with van der Waals surface area (Å²) in [5.74, 6) is 0.359. The van der Waals surface area contributed by atoms with Gasteiger partial charge < -0.3 is 4.74 Å². The number of halogens is 2. The topological polar surface area (TPSA) is 46.6 Å². The van der Waals surface area contributed by atoms with E-state index in [2.05, 4.69) is 0 Å². The van der Waals surface area contributed by atoms with Gasteiger partial charge in [-0.15, -0.1) is 0 Å². The summed E-state index contributed by atoms with van der Waals surface area (Å²) in [5.41, 5.74) is 2.43. The number of amides is 2. The van der Waals surface area contributed by atoms with Crippen molar-refractivity contribution in [2.75, 3.05) is 0 Å². The second-order valence-corrected chi connectivity index (χ2v) is 8.62. The van der Waals surface area contributed by atoms with Gasteiger partial charge in [0.1, 0.15) is 12.4 Å². The first-order valence-corrected chi connectivity index (χ1v) is 11.0. The van der Waals surface area contributed by atoms with Gasteiger partial charge in [0.15, 0.2) is 0 Å². The number of rotatable bonds is 6. The van der Waals surface area contributed by atoms with Crippen molar-refractivity contribution in [2.24, 2.45) is 0 Å². The van der Waals surface area contributed by atoms with Crippen molar-refractivity contribution in [3.05, 3.63) is 104 Å². The summed E-state index contributed by atoms with van der Waals surface area (Å²) in [6.07, 6.45) is 1.70. The van der Waals surface area contributed by atoms with E-state index in [1.54, 1.807) is 24.3 Å². The van der Waals surface area contributed by atoms with Crippen molar-refractivity contribution < 1.29 is 14.3 Å². The molecule has 0 bridgehead atoms. The van der Waals surface area contributed by atoms with Gasteiger partial charge in [-0.05, 0) is 53.2 Å². The number of carbonyl (C=O) groups is 2. The van der Waals surface area contributed by atoms with Crippen LogP contribution in [0, 0.1) is 0 Å². The maximum absolute atomic E-state index is 12.7. The van der Waals surface area contributed by atoms with E-state index in [9.17, 15) is 9.59 Å². The molecule has 31 heavy (non-hydrogen) atoms. The van der Waals surface area contributed by atoms with E-state index in [4.69, 9.17) is 27.9 Å². The summed E-state index contributed by atoms with van der Waals surface area (Å²) in [4.78, 5) is 26.7. The van der Waals surface area contributed by atoms with Gasteiger partial charge in [-0.1, -0.05) is 71.7 Å². The smallest absolute Gasteiger partial charge is 0.293 e. The Kier molecular flexibility index (Phi) is 6.66. The Bertz CT molecular complexity index is 1160. The van der Waals surface area contributed by atoms with Crippen LogP contribution in [0.15, 0.2) is 77.7 Å². The monoisotopic (exact) mass is 469 g/mol. The van der Waals surface area contributed by atoms with Crippen LogP contribution in [-0.4, -0.2) is 16.0 Å². The average Bonchev–Trinajstić information content (AvgIpc) is 3.03. The van der Waals surface area contributed by atoms with E-state index in [0.29, 0.717) is 27.3 Å². The Hall–Kier alpha value is -2.73. The van der Waals surface area contributed by atoms with Crippen molar-refractivity contribution in [1.29, 1.82) is 0 Å². The van der Waals surface area contributed by atoms with Gasteiger partial charge in [-0.3, -0.25) is 14.5 Å². The highest BCUT2D eigenvalue weighted by Gasteiger charge is 2.35. The maximum atomic E-state index is 12.7. The lowest BCUT2D eigenvalue weighted by molar-refractivity contribution is -0.123. The van der Waals surface area contributed by atoms with Gasteiger partial charge >= 0.3 is 0 Å². The van der Waals surface area contributed by atoms with Crippen molar-refractivity contribution in [3.63, 3.8) is 0 Å². The number of hydrogen-bond acceptors (Lipinski definition) is 4. The minimum Gasteiger partial charge on any atom is -0.489 e. The standard InChI is InChI=1S/C24H17Cl2NO3S/c25-20-7-3-1-5-17(20)14-27-23(28)22(31-24(27)29)13-16-9-11-19(12-10-16)30-15-18-6-2-4-8-21(18)26/h1-13H,14-15H2/b22-13-. The molecule has 4 nitrogen and oxygen atoms in total. The third-order valence-electron chi connectivity index (χ3n) is 4.69. The lowest BCUT2D eigenvalue weighted by Crippen LogP contribution is -2.27. The van der Waals surface area contributed by atoms with Crippen LogP contribution in [0.2, 0.25) is 10.0 Å². The fourth-order valence-corrected chi connectivity index (χ4v) is 4.25. The van der Waals surface area contributed by atoms with Crippen LogP contribution >= 0.6 is 35.0 Å². The second kappa shape index (κ2) is 9.60. The van der Waals surface area contributed by atoms with E-state index in [0.717, 1.165) is 28.5 Å². The van der Waals surface area contributed by atoms with Crippen LogP contribution in [-0.2, 0) is 17.9 Å². The molecule has 0 radical (unpaired) electrons. The zero-order chi connectivity index (χ0) is 21.8. The van der Waals surface area contributed by atoms with E-state index in [1.165, 1.54) is 4.90 Å². The zero-order valence-electron chi connectivity index (χ0n) is 16.3. The summed E-state index contributed by atoms with van der Waals surface area (Å²) in [5, 5.41) is 0.875. The molecule has 0 aliphatic carbocycles. The summed E-state index contributed by atoms with van der Waals surface area (Å²) < 4.78 is 5.78. The van der Waals surface area contributed by atoms with E-state index in [1.807, 2.05) is 54.6 Å². The molecule has 0 N–H and O–H groups in total. The van der Waals surface area contributed by atoms with Gasteiger partial charge in [0.05, 0.1) is 11.4 Å². The molecule has 1 heterocycles. The van der Waals surface area contributed by atoms with Gasteiger partial charge in [0.2, 0.25) is 0 Å². The first-order valence-electron chi connectivity index (χ1n) is 9.46. The molecule has 0 unspecified atom stereocenters. The molecule has 156 valence electrons. The Morgan fingerprint density at radius 3 is 2.10 bits per heavy atom. The number of imide groups is 1. The molecule has 1 aliphatic rings. The molecule has 3 aromatic rings. The van der Waals surface area contributed by atoms with Crippen molar-refractivity contribution in [3.8, 4) is 5.75 Å². The molecule has 0 atom stereocenters. The van der Waals surface area contributed by atoms with Gasteiger partial charge in [0, 0.05) is 15.6 Å². The molecule has 0 saturated carbocycles. The van der Waals surface area contributed by atoms with Gasteiger partial charge in [-0.2, -0.15) is 0 Å². The third-order valence-corrected chi connectivity index (χ3v) is 6.33. The number of benzene rings is 3. The highest BCUT2D eigenvalue weighted by atomic mass is 35.5. The number of carbonyl (C=O) groups excluding carboxylic acids is 2. The number of ether oxygens (including phenoxy) is 1. The summed E-state index contributed by atoms with van der Waals surface area (Å²) in [6.45, 7) is 0.510. The molecule has 1 saturated heterocycles. The Morgan fingerprint density at radius 1 is 0.839 bits per heavy atom. The van der Waals surface area contributed by atoms with Crippen LogP contribution in [0.3, 0.4) is 0 Å². The third kappa shape index (κ3) is 5.13. The maximum Gasteiger partial charge on any atom is 0.293 e. The molecule has 1 aliphatic heterocycles. The van der Waals surface area contributed by atoms with Crippen molar-refractivity contribution >= 4 is 52.2 Å². The fraction of sp³-hybridized carbons (Fsp3) is 0.0833. The first-order chi connectivity index (χ1) is 15.0. The van der Waals surface area contributed by atoms with E-state index < -0.39 is 0 Å². The average molecular weight is 470 g/mol. The predicted molar refractivity (Wildman–Crippen MR) is 125 cm³/mol. The zero-order valence-corrected chi connectivity index (χ0v) is 18.6. The molecule has 4 rings (SSSR count). The van der Waals surface area contributed by atoms with Gasteiger partial charge in [0.25, 0.3) is 11.1 Å².